The van der Waals surface area contributed by atoms with Crippen LogP contribution in [0.1, 0.15) is 23.4 Å². The fourth-order valence-corrected chi connectivity index (χ4v) is 4.26. The molecule has 34 heavy (non-hydrogen) atoms. The Balaban J connectivity index is 1.35. The molecule has 0 radical (unpaired) electrons. The van der Waals surface area contributed by atoms with E-state index in [0.717, 1.165) is 21.9 Å². The number of rotatable bonds is 8. The number of carbonyl (C=O) groups excluding carboxylic acids is 1. The van der Waals surface area contributed by atoms with E-state index in [1.165, 1.54) is 0 Å². The van der Waals surface area contributed by atoms with Crippen molar-refractivity contribution in [2.24, 2.45) is 0 Å². The number of carbonyl (C=O) groups is 1. The van der Waals surface area contributed by atoms with Crippen LogP contribution < -0.4 is 5.32 Å². The third-order valence-electron chi connectivity index (χ3n) is 6.17. The summed E-state index contributed by atoms with van der Waals surface area (Å²) in [6.07, 6.45) is 1.21. The molecule has 5 nitrogen and oxygen atoms in total. The second kappa shape index (κ2) is 9.49. The summed E-state index contributed by atoms with van der Waals surface area (Å²) >= 11 is 0. The van der Waals surface area contributed by atoms with E-state index in [-0.39, 0.29) is 24.8 Å². The quantitative estimate of drug-likeness (QED) is 0.342. The van der Waals surface area contributed by atoms with E-state index in [2.05, 4.69) is 10.3 Å². The van der Waals surface area contributed by atoms with Gasteiger partial charge in [0.2, 0.25) is 11.8 Å². The van der Waals surface area contributed by atoms with E-state index >= 15 is 0 Å². The minimum absolute atomic E-state index is 0.0102. The van der Waals surface area contributed by atoms with Gasteiger partial charge in [-0.05, 0) is 46.9 Å². The Labute approximate surface area is 198 Å². The van der Waals surface area contributed by atoms with Crippen molar-refractivity contribution in [3.63, 3.8) is 0 Å². The lowest BCUT2D eigenvalue weighted by molar-refractivity contribution is -0.122. The molecule has 1 aromatic heterocycles. The molecule has 1 amide bonds. The molecular formula is C29H26N2O3. The van der Waals surface area contributed by atoms with Crippen molar-refractivity contribution in [3.8, 4) is 0 Å². The number of nitrogens with zero attached hydrogens (tertiary/aromatic N) is 1. The van der Waals surface area contributed by atoms with Crippen LogP contribution in [0.3, 0.4) is 0 Å². The number of fused-ring (bicyclic) bond motifs is 2. The molecule has 4 aromatic carbocycles. The molecule has 5 aromatic rings. The molecule has 5 rings (SSSR count). The van der Waals surface area contributed by atoms with E-state index in [0.29, 0.717) is 23.9 Å². The Morgan fingerprint density at radius 1 is 0.882 bits per heavy atom. The van der Waals surface area contributed by atoms with Gasteiger partial charge in [0.05, 0.1) is 13.0 Å². The number of hydrogen-bond donors (Lipinski definition) is 2. The molecule has 2 N–H and O–H groups in total. The average Bonchev–Trinajstić information content (AvgIpc) is 3.32. The number of aromatic nitrogens is 1. The van der Waals surface area contributed by atoms with Gasteiger partial charge < -0.3 is 14.8 Å². The van der Waals surface area contributed by atoms with Crippen LogP contribution in [0.15, 0.2) is 101 Å². The van der Waals surface area contributed by atoms with E-state index < -0.39 is 5.60 Å². The maximum absolute atomic E-state index is 12.9. The smallest absolute Gasteiger partial charge is 0.229 e. The first kappa shape index (κ1) is 21.9. The van der Waals surface area contributed by atoms with Crippen LogP contribution in [0.25, 0.3) is 21.9 Å². The van der Waals surface area contributed by atoms with Crippen molar-refractivity contribution in [1.29, 1.82) is 0 Å². The van der Waals surface area contributed by atoms with Gasteiger partial charge >= 0.3 is 0 Å². The lowest BCUT2D eigenvalue weighted by Gasteiger charge is -2.25. The van der Waals surface area contributed by atoms with Gasteiger partial charge in [0, 0.05) is 0 Å². The molecule has 0 spiro atoms. The van der Waals surface area contributed by atoms with Crippen molar-refractivity contribution in [2.75, 3.05) is 6.54 Å². The number of hydrogen-bond acceptors (Lipinski definition) is 4. The average molecular weight is 451 g/mol. The molecule has 0 saturated carbocycles. The Hall–Kier alpha value is -3.96. The van der Waals surface area contributed by atoms with E-state index in [1.54, 1.807) is 0 Å². The highest BCUT2D eigenvalue weighted by Crippen LogP contribution is 2.29. The first-order chi connectivity index (χ1) is 16.6. The summed E-state index contributed by atoms with van der Waals surface area (Å²) < 4.78 is 5.92. The molecule has 0 bridgehead atoms. The van der Waals surface area contributed by atoms with Crippen LogP contribution >= 0.6 is 0 Å². The number of amides is 1. The van der Waals surface area contributed by atoms with Gasteiger partial charge in [-0.1, -0.05) is 84.9 Å². The normalized spacial score (nSPS) is 13.1. The zero-order chi connectivity index (χ0) is 23.4. The van der Waals surface area contributed by atoms with E-state index in [1.807, 2.05) is 97.1 Å². The minimum Gasteiger partial charge on any atom is -0.437 e. The zero-order valence-corrected chi connectivity index (χ0v) is 18.8. The second-order valence-corrected chi connectivity index (χ2v) is 8.60. The molecule has 5 heteroatoms. The summed E-state index contributed by atoms with van der Waals surface area (Å²) in [4.78, 5) is 17.4. The first-order valence-corrected chi connectivity index (χ1v) is 11.5. The third kappa shape index (κ3) is 4.70. The lowest BCUT2D eigenvalue weighted by Crippen LogP contribution is -2.42. The maximum atomic E-state index is 12.9. The van der Waals surface area contributed by atoms with Gasteiger partial charge in [-0.25, -0.2) is 4.98 Å². The van der Waals surface area contributed by atoms with Gasteiger partial charge in [-0.3, -0.25) is 4.79 Å². The number of aliphatic hydroxyl groups is 1. The molecule has 0 aliphatic carbocycles. The highest BCUT2D eigenvalue weighted by atomic mass is 16.4. The summed E-state index contributed by atoms with van der Waals surface area (Å²) in [6, 6.07) is 31.3. The fourth-order valence-electron chi connectivity index (χ4n) is 4.26. The van der Waals surface area contributed by atoms with Gasteiger partial charge in [0.1, 0.15) is 5.52 Å². The van der Waals surface area contributed by atoms with Gasteiger partial charge in [-0.2, -0.15) is 0 Å². The molecule has 0 saturated heterocycles. The summed E-state index contributed by atoms with van der Waals surface area (Å²) in [5.74, 6) is 0.0562. The highest BCUT2D eigenvalue weighted by Gasteiger charge is 2.35. The molecule has 1 unspecified atom stereocenters. The van der Waals surface area contributed by atoms with Gasteiger partial charge in [0.25, 0.3) is 0 Å². The highest BCUT2D eigenvalue weighted by molar-refractivity contribution is 5.90. The number of oxazole rings is 1. The SMILES string of the molecule is O=C(Cc1cccc2ccccc12)NCC(O)(CCc1ccccc1)c1nc2ccccc2o1. The standard InChI is InChI=1S/C29H26N2O3/c32-27(19-23-13-8-12-22-11-4-5-14-24(22)23)30-20-29(33,18-17-21-9-2-1-3-10-21)28-31-25-15-6-7-16-26(25)34-28/h1-16,33H,17-20H2,(H,30,32). The van der Waals surface area contributed by atoms with E-state index in [4.69, 9.17) is 4.42 Å². The predicted molar refractivity (Wildman–Crippen MR) is 133 cm³/mol. The van der Waals surface area contributed by atoms with Crippen molar-refractivity contribution in [3.05, 3.63) is 114 Å². The molecular weight excluding hydrogens is 424 g/mol. The van der Waals surface area contributed by atoms with Crippen LogP contribution in [0.4, 0.5) is 0 Å². The largest absolute Gasteiger partial charge is 0.437 e. The monoisotopic (exact) mass is 450 g/mol. The molecule has 0 aliphatic rings. The molecule has 1 atom stereocenters. The van der Waals surface area contributed by atoms with E-state index in [9.17, 15) is 9.90 Å². The predicted octanol–water partition coefficient (Wildman–Crippen LogP) is 5.16. The van der Waals surface area contributed by atoms with Crippen molar-refractivity contribution < 1.29 is 14.3 Å². The summed E-state index contributed by atoms with van der Waals surface area (Å²) in [7, 11) is 0. The fraction of sp³-hybridized carbons (Fsp3) is 0.172. The van der Waals surface area contributed by atoms with Crippen LogP contribution in [0.2, 0.25) is 0 Å². The molecule has 1 heterocycles. The second-order valence-electron chi connectivity index (χ2n) is 8.60. The minimum atomic E-state index is -1.44. The van der Waals surface area contributed by atoms with Crippen LogP contribution in [0, 0.1) is 0 Å². The van der Waals surface area contributed by atoms with Crippen LogP contribution in [-0.2, 0) is 23.2 Å². The Bertz CT molecular complexity index is 1390. The molecule has 170 valence electrons. The molecule has 0 fully saturated rings. The lowest BCUT2D eigenvalue weighted by atomic mass is 9.94. The summed E-state index contributed by atoms with van der Waals surface area (Å²) in [5.41, 5.74) is 1.89. The number of aryl methyl sites for hydroxylation is 1. The van der Waals surface area contributed by atoms with Crippen LogP contribution in [0.5, 0.6) is 0 Å². The van der Waals surface area contributed by atoms with Crippen molar-refractivity contribution in [2.45, 2.75) is 24.9 Å². The van der Waals surface area contributed by atoms with Crippen LogP contribution in [-0.4, -0.2) is 22.5 Å². The Morgan fingerprint density at radius 3 is 2.47 bits per heavy atom. The Kier molecular flexibility index (Phi) is 6.11. The number of nitrogens with one attached hydrogen (secondary N) is 1. The maximum Gasteiger partial charge on any atom is 0.229 e. The first-order valence-electron chi connectivity index (χ1n) is 11.5. The summed E-state index contributed by atoms with van der Waals surface area (Å²) in [5, 5.41) is 16.7. The zero-order valence-electron chi connectivity index (χ0n) is 18.8. The van der Waals surface area contributed by atoms with Crippen molar-refractivity contribution in [1.82, 2.24) is 10.3 Å². The van der Waals surface area contributed by atoms with Gasteiger partial charge in [0.15, 0.2) is 11.2 Å². The summed E-state index contributed by atoms with van der Waals surface area (Å²) in [6.45, 7) is 0.0102. The van der Waals surface area contributed by atoms with Gasteiger partial charge in [-0.15, -0.1) is 0 Å². The van der Waals surface area contributed by atoms with Crippen molar-refractivity contribution >= 4 is 27.8 Å². The number of para-hydroxylation sites is 2. The molecule has 0 aliphatic heterocycles. The topological polar surface area (TPSA) is 75.4 Å². The Morgan fingerprint density at radius 2 is 1.62 bits per heavy atom. The third-order valence-corrected chi connectivity index (χ3v) is 6.17. The number of benzene rings is 4.